The van der Waals surface area contributed by atoms with Crippen LogP contribution in [0.15, 0.2) is 54.3 Å². The predicted molar refractivity (Wildman–Crippen MR) is 194 cm³/mol. The lowest BCUT2D eigenvalue weighted by molar-refractivity contribution is -0.129. The van der Waals surface area contributed by atoms with E-state index in [-0.39, 0.29) is 24.8 Å². The molecule has 10 heteroatoms. The number of carbonyl (C=O) groups excluding carboxylic acids is 1. The van der Waals surface area contributed by atoms with Crippen molar-refractivity contribution in [2.75, 3.05) is 26.2 Å². The number of rotatable bonds is 12. The van der Waals surface area contributed by atoms with E-state index < -0.39 is 5.41 Å². The molecule has 0 spiro atoms. The first-order chi connectivity index (χ1) is 22.6. The van der Waals surface area contributed by atoms with Crippen molar-refractivity contribution in [3.8, 4) is 6.07 Å². The fraction of sp³-hybridized carbons (Fsp3) is 0.595. The van der Waals surface area contributed by atoms with Crippen LogP contribution in [-0.2, 0) is 16.6 Å². The maximum Gasteiger partial charge on any atom is 0.237 e. The minimum Gasteiger partial charge on any atom is -0.389 e. The Labute approximate surface area is 285 Å². The van der Waals surface area contributed by atoms with Crippen LogP contribution in [0, 0.1) is 17.1 Å². The highest BCUT2D eigenvalue weighted by molar-refractivity contribution is 5.78. The first-order valence-electron chi connectivity index (χ1n) is 17.1. The zero-order chi connectivity index (χ0) is 36.3. The third-order valence-corrected chi connectivity index (χ3v) is 7.44. The number of nitriles is 1. The molecule has 1 aliphatic carbocycles. The standard InChI is InChI=1S/C24H32FN7O.C5H11N.C4H8.2C2H6/c1-4-5-13-32(14-11-26)22(33)16-27-12-10-24(23-28-30-31-29-23)18(3)17(2)6-7-19-15-20(25)8-9-21(19)24;1-4-6-5(2)3;1-3-4-2;2*1-2/h8-9,15,27H,4-7,10,12-14,16H2,1-3H3,(H,28,29,30,31);4-6H,1H2,2-3H3;3-4H,1-2H3;2*1-2H3/b;;4-3-;;. The Balaban J connectivity index is 0. The number of aromatic nitrogens is 4. The highest BCUT2D eigenvalue weighted by atomic mass is 19.1. The van der Waals surface area contributed by atoms with Crippen LogP contribution in [0.5, 0.6) is 0 Å². The number of aromatic amines is 1. The summed E-state index contributed by atoms with van der Waals surface area (Å²) >= 11 is 0. The molecular weight excluding hydrogens is 591 g/mol. The normalized spacial score (nSPS) is 14.7. The van der Waals surface area contributed by atoms with Gasteiger partial charge in [-0.2, -0.15) is 10.5 Å². The number of hydrogen-bond acceptors (Lipinski definition) is 7. The molecule has 1 amide bonds. The van der Waals surface area contributed by atoms with Gasteiger partial charge in [0.05, 0.1) is 18.0 Å². The fourth-order valence-corrected chi connectivity index (χ4v) is 4.87. The van der Waals surface area contributed by atoms with Crippen molar-refractivity contribution in [2.24, 2.45) is 0 Å². The summed E-state index contributed by atoms with van der Waals surface area (Å²) in [5.41, 5.74) is 3.57. The minimum absolute atomic E-state index is 0.0906. The average molecular weight is 655 g/mol. The highest BCUT2D eigenvalue weighted by Gasteiger charge is 2.43. The molecule has 1 aromatic carbocycles. The second-order valence-corrected chi connectivity index (χ2v) is 10.8. The van der Waals surface area contributed by atoms with Crippen molar-refractivity contribution in [3.05, 3.63) is 77.0 Å². The number of nitrogens with one attached hydrogen (secondary N) is 3. The van der Waals surface area contributed by atoms with Crippen molar-refractivity contribution in [1.82, 2.24) is 36.2 Å². The van der Waals surface area contributed by atoms with E-state index in [2.05, 4.69) is 78.5 Å². The number of hydrogen-bond donors (Lipinski definition) is 3. The SMILES string of the molecule is C/C=C\C.C=CNC(C)C.CC.CC.CCCCN(CC#N)C(=O)CNCCC1(c2nn[nH]n2)C(C)=C(C)CCc2cc(F)ccc21. The molecule has 264 valence electrons. The molecule has 1 heterocycles. The Morgan fingerprint density at radius 3 is 2.34 bits per heavy atom. The van der Waals surface area contributed by atoms with E-state index in [0.29, 0.717) is 31.4 Å². The Morgan fingerprint density at radius 2 is 1.85 bits per heavy atom. The summed E-state index contributed by atoms with van der Waals surface area (Å²) in [6.45, 7) is 27.2. The lowest BCUT2D eigenvalue weighted by atomic mass is 9.69. The van der Waals surface area contributed by atoms with Gasteiger partial charge < -0.3 is 15.5 Å². The first-order valence-corrected chi connectivity index (χ1v) is 17.1. The number of nitrogens with zero attached hydrogens (tertiary/aromatic N) is 5. The molecule has 0 saturated heterocycles. The molecule has 2 aromatic rings. The molecule has 0 fully saturated rings. The minimum atomic E-state index is -0.679. The van der Waals surface area contributed by atoms with Gasteiger partial charge in [-0.15, -0.1) is 10.2 Å². The Kier molecular flexibility index (Phi) is 26.3. The van der Waals surface area contributed by atoms with Crippen LogP contribution in [-0.4, -0.2) is 63.7 Å². The lowest BCUT2D eigenvalue weighted by Gasteiger charge is -2.34. The number of halogens is 1. The lowest BCUT2D eigenvalue weighted by Crippen LogP contribution is -2.41. The van der Waals surface area contributed by atoms with E-state index in [1.807, 2.05) is 59.8 Å². The number of carbonyl (C=O) groups is 1. The molecule has 0 bridgehead atoms. The van der Waals surface area contributed by atoms with E-state index in [0.717, 1.165) is 42.4 Å². The number of fused-ring (bicyclic) bond motifs is 1. The van der Waals surface area contributed by atoms with Crippen LogP contribution >= 0.6 is 0 Å². The number of tetrazole rings is 1. The Morgan fingerprint density at radius 1 is 1.19 bits per heavy atom. The number of unbranched alkanes of at least 4 members (excludes halogenated alkanes) is 1. The first kappa shape index (κ1) is 45.3. The largest absolute Gasteiger partial charge is 0.389 e. The van der Waals surface area contributed by atoms with Crippen molar-refractivity contribution in [1.29, 1.82) is 5.26 Å². The van der Waals surface area contributed by atoms with E-state index in [9.17, 15) is 9.18 Å². The summed E-state index contributed by atoms with van der Waals surface area (Å²) in [6, 6.07) is 7.50. The second-order valence-electron chi connectivity index (χ2n) is 10.8. The van der Waals surface area contributed by atoms with Crippen LogP contribution in [0.25, 0.3) is 0 Å². The van der Waals surface area contributed by atoms with Crippen LogP contribution in [0.1, 0.15) is 119 Å². The van der Waals surface area contributed by atoms with Gasteiger partial charge in [-0.3, -0.25) is 4.79 Å². The van der Waals surface area contributed by atoms with E-state index in [1.54, 1.807) is 17.2 Å². The van der Waals surface area contributed by atoms with E-state index in [4.69, 9.17) is 5.26 Å². The molecule has 1 unspecified atom stereocenters. The third-order valence-electron chi connectivity index (χ3n) is 7.44. The summed E-state index contributed by atoms with van der Waals surface area (Å²) in [5, 5.41) is 30.3. The molecule has 3 N–H and O–H groups in total. The van der Waals surface area contributed by atoms with E-state index in [1.165, 1.54) is 11.6 Å². The van der Waals surface area contributed by atoms with Crippen LogP contribution in [0.4, 0.5) is 4.39 Å². The maximum atomic E-state index is 14.1. The van der Waals surface area contributed by atoms with Gasteiger partial charge in [-0.05, 0) is 103 Å². The van der Waals surface area contributed by atoms with Gasteiger partial charge in [0.15, 0.2) is 5.82 Å². The van der Waals surface area contributed by atoms with Crippen molar-refractivity contribution in [2.45, 2.75) is 120 Å². The number of amides is 1. The molecule has 0 saturated carbocycles. The molecule has 0 radical (unpaired) electrons. The number of benzene rings is 1. The number of aryl methyl sites for hydroxylation is 1. The molecule has 1 atom stereocenters. The van der Waals surface area contributed by atoms with Crippen LogP contribution in [0.3, 0.4) is 0 Å². The van der Waals surface area contributed by atoms with Gasteiger partial charge in [-0.25, -0.2) is 4.39 Å². The average Bonchev–Trinajstić information content (AvgIpc) is 3.60. The van der Waals surface area contributed by atoms with Crippen molar-refractivity contribution >= 4 is 5.91 Å². The predicted octanol–water partition coefficient (Wildman–Crippen LogP) is 7.80. The topological polar surface area (TPSA) is 123 Å². The molecule has 1 aliphatic rings. The zero-order valence-corrected chi connectivity index (χ0v) is 31.1. The van der Waals surface area contributed by atoms with Crippen molar-refractivity contribution in [3.63, 3.8) is 0 Å². The van der Waals surface area contributed by atoms with E-state index >= 15 is 0 Å². The Hall–Kier alpha value is -3.84. The van der Waals surface area contributed by atoms with Gasteiger partial charge in [-0.1, -0.05) is 82.2 Å². The fourth-order valence-electron chi connectivity index (χ4n) is 4.87. The molecular formula is C37H63FN8O. The van der Waals surface area contributed by atoms with Gasteiger partial charge in [0, 0.05) is 12.6 Å². The summed E-state index contributed by atoms with van der Waals surface area (Å²) in [6.07, 6.45) is 9.67. The van der Waals surface area contributed by atoms with Crippen LogP contribution in [0.2, 0.25) is 0 Å². The molecule has 1 aromatic heterocycles. The summed E-state index contributed by atoms with van der Waals surface area (Å²) in [5.74, 6) is 0.183. The van der Waals surface area contributed by atoms with Crippen molar-refractivity contribution < 1.29 is 9.18 Å². The van der Waals surface area contributed by atoms with Gasteiger partial charge in [0.25, 0.3) is 0 Å². The highest BCUT2D eigenvalue weighted by Crippen LogP contribution is 2.45. The van der Waals surface area contributed by atoms with Gasteiger partial charge in [0.1, 0.15) is 12.4 Å². The number of allylic oxidation sites excluding steroid dienone is 4. The smallest absolute Gasteiger partial charge is 0.237 e. The summed E-state index contributed by atoms with van der Waals surface area (Å²) in [4.78, 5) is 14.2. The quantitative estimate of drug-likeness (QED) is 0.121. The molecule has 47 heavy (non-hydrogen) atoms. The molecule has 0 aliphatic heterocycles. The molecule has 9 nitrogen and oxygen atoms in total. The zero-order valence-electron chi connectivity index (χ0n) is 31.1. The summed E-state index contributed by atoms with van der Waals surface area (Å²) in [7, 11) is 0. The summed E-state index contributed by atoms with van der Waals surface area (Å²) < 4.78 is 14.1. The Bertz CT molecular complexity index is 1210. The van der Waals surface area contributed by atoms with Gasteiger partial charge in [0.2, 0.25) is 5.91 Å². The van der Waals surface area contributed by atoms with Crippen LogP contribution < -0.4 is 10.6 Å². The number of H-pyrrole nitrogens is 1. The molecule has 3 rings (SSSR count). The monoisotopic (exact) mass is 655 g/mol. The third kappa shape index (κ3) is 15.5. The second kappa shape index (κ2) is 27.3. The van der Waals surface area contributed by atoms with Gasteiger partial charge >= 0.3 is 0 Å². The maximum absolute atomic E-state index is 14.1.